The van der Waals surface area contributed by atoms with Gasteiger partial charge in [-0.1, -0.05) is 11.2 Å². The van der Waals surface area contributed by atoms with Gasteiger partial charge in [0, 0.05) is 18.0 Å². The molecule has 0 bridgehead atoms. The highest BCUT2D eigenvalue weighted by molar-refractivity contribution is 5.89. The minimum absolute atomic E-state index is 0.154. The van der Waals surface area contributed by atoms with Crippen LogP contribution in [0, 0.1) is 0 Å². The maximum Gasteiger partial charge on any atom is 0.408 e. The summed E-state index contributed by atoms with van der Waals surface area (Å²) in [4.78, 5) is 15.6. The number of nitrogens with two attached hydrogens (primary N) is 1. The Morgan fingerprint density at radius 3 is 2.74 bits per heavy atom. The van der Waals surface area contributed by atoms with Gasteiger partial charge < -0.3 is 21.0 Å². The second-order valence-corrected chi connectivity index (χ2v) is 4.89. The lowest BCUT2D eigenvalue weighted by molar-refractivity contribution is 0.0516. The van der Waals surface area contributed by atoms with Crippen LogP contribution in [0.4, 0.5) is 4.79 Å². The Balaban J connectivity index is 2.86. The predicted molar refractivity (Wildman–Crippen MR) is 69.8 cm³/mol. The number of ether oxygens (including phenoxy) is 1. The van der Waals surface area contributed by atoms with Crippen LogP contribution >= 0.6 is 0 Å². The number of oxime groups is 1. The topological polar surface area (TPSA) is 110 Å². The lowest BCUT2D eigenvalue weighted by Crippen LogP contribution is -2.40. The molecule has 0 saturated heterocycles. The molecule has 0 aliphatic rings. The summed E-state index contributed by atoms with van der Waals surface area (Å²) in [6.45, 7) is 5.24. The summed E-state index contributed by atoms with van der Waals surface area (Å²) < 4.78 is 5.12. The highest BCUT2D eigenvalue weighted by Crippen LogP contribution is 2.13. The molecule has 0 aliphatic carbocycles. The summed E-state index contributed by atoms with van der Waals surface area (Å²) >= 11 is 0. The number of rotatable bonds is 3. The van der Waals surface area contributed by atoms with Crippen LogP contribution in [-0.2, 0) is 4.74 Å². The molecule has 1 atom stereocenters. The molecule has 0 radical (unpaired) electrons. The third-order valence-corrected chi connectivity index (χ3v) is 2.09. The van der Waals surface area contributed by atoms with E-state index in [2.05, 4.69) is 15.5 Å². The zero-order valence-corrected chi connectivity index (χ0v) is 11.1. The zero-order chi connectivity index (χ0) is 14.5. The van der Waals surface area contributed by atoms with Gasteiger partial charge in [0.05, 0.1) is 0 Å². The van der Waals surface area contributed by atoms with Gasteiger partial charge in [0.25, 0.3) is 0 Å². The van der Waals surface area contributed by atoms with E-state index in [4.69, 9.17) is 15.7 Å². The maximum atomic E-state index is 11.7. The molecule has 1 aromatic rings. The van der Waals surface area contributed by atoms with Gasteiger partial charge in [0.2, 0.25) is 0 Å². The average molecular weight is 266 g/mol. The Bertz CT molecular complexity index is 454. The fraction of sp³-hybridized carbons (Fsp3) is 0.417. The van der Waals surface area contributed by atoms with Crippen LogP contribution < -0.4 is 11.1 Å². The first-order chi connectivity index (χ1) is 8.83. The SMILES string of the molecule is CC(C)(C)OC(=O)N[C@@H](C(N)=NO)c1cccnc1. The Morgan fingerprint density at radius 2 is 2.26 bits per heavy atom. The van der Waals surface area contributed by atoms with E-state index in [0.717, 1.165) is 0 Å². The summed E-state index contributed by atoms with van der Waals surface area (Å²) in [5, 5.41) is 14.2. The molecule has 0 spiro atoms. The van der Waals surface area contributed by atoms with E-state index in [1.807, 2.05) is 0 Å². The van der Waals surface area contributed by atoms with Crippen LogP contribution in [0.15, 0.2) is 29.7 Å². The number of nitrogens with zero attached hydrogens (tertiary/aromatic N) is 2. The molecule has 0 aliphatic heterocycles. The Labute approximate surface area is 111 Å². The largest absolute Gasteiger partial charge is 0.444 e. The van der Waals surface area contributed by atoms with Crippen molar-refractivity contribution in [3.05, 3.63) is 30.1 Å². The average Bonchev–Trinajstić information content (AvgIpc) is 2.34. The standard InChI is InChI=1S/C12H18N4O3/c1-12(2,3)19-11(17)15-9(10(13)16-18)8-5-4-6-14-7-8/h4-7,9,18H,1-3H3,(H2,13,16)(H,15,17)/t9-/m1/s1. The van der Waals surface area contributed by atoms with Gasteiger partial charge in [-0.05, 0) is 26.8 Å². The van der Waals surface area contributed by atoms with E-state index in [-0.39, 0.29) is 5.84 Å². The normalized spacial score (nSPS) is 13.7. The lowest BCUT2D eigenvalue weighted by atomic mass is 10.1. The first kappa shape index (κ1) is 14.7. The number of hydrogen-bond donors (Lipinski definition) is 3. The van der Waals surface area contributed by atoms with E-state index >= 15 is 0 Å². The minimum atomic E-state index is -0.798. The molecular weight excluding hydrogens is 248 g/mol. The minimum Gasteiger partial charge on any atom is -0.444 e. The first-order valence-corrected chi connectivity index (χ1v) is 5.70. The molecule has 7 heteroatoms. The predicted octanol–water partition coefficient (Wildman–Crippen LogP) is 1.39. The smallest absolute Gasteiger partial charge is 0.408 e. The van der Waals surface area contributed by atoms with Crippen molar-refractivity contribution in [1.29, 1.82) is 0 Å². The molecule has 0 unspecified atom stereocenters. The molecule has 0 fully saturated rings. The van der Waals surface area contributed by atoms with E-state index < -0.39 is 17.7 Å². The number of aromatic nitrogens is 1. The van der Waals surface area contributed by atoms with Gasteiger partial charge in [-0.2, -0.15) is 0 Å². The third-order valence-electron chi connectivity index (χ3n) is 2.09. The van der Waals surface area contributed by atoms with Crippen LogP contribution in [0.2, 0.25) is 0 Å². The Hall–Kier alpha value is -2.31. The highest BCUT2D eigenvalue weighted by atomic mass is 16.6. The molecule has 104 valence electrons. The lowest BCUT2D eigenvalue weighted by Gasteiger charge is -2.23. The van der Waals surface area contributed by atoms with Crippen LogP contribution in [0.1, 0.15) is 32.4 Å². The van der Waals surface area contributed by atoms with Gasteiger partial charge in [-0.15, -0.1) is 0 Å². The van der Waals surface area contributed by atoms with Gasteiger partial charge in [-0.3, -0.25) is 4.98 Å². The van der Waals surface area contributed by atoms with Gasteiger partial charge in [0.15, 0.2) is 5.84 Å². The highest BCUT2D eigenvalue weighted by Gasteiger charge is 2.23. The second-order valence-electron chi connectivity index (χ2n) is 4.89. The summed E-state index contributed by atoms with van der Waals surface area (Å²) in [7, 11) is 0. The van der Waals surface area contributed by atoms with Crippen molar-refractivity contribution in [2.75, 3.05) is 0 Å². The summed E-state index contributed by atoms with van der Waals surface area (Å²) in [5.74, 6) is -0.154. The molecule has 1 heterocycles. The van der Waals surface area contributed by atoms with Crippen molar-refractivity contribution in [3.63, 3.8) is 0 Å². The van der Waals surface area contributed by atoms with Crippen molar-refractivity contribution in [2.24, 2.45) is 10.9 Å². The summed E-state index contributed by atoms with van der Waals surface area (Å²) in [6.07, 6.45) is 2.44. The Kier molecular flexibility index (Phi) is 4.68. The first-order valence-electron chi connectivity index (χ1n) is 5.70. The van der Waals surface area contributed by atoms with Crippen LogP contribution in [0.3, 0.4) is 0 Å². The summed E-state index contributed by atoms with van der Waals surface area (Å²) in [6, 6.07) is 2.59. The molecule has 0 saturated carbocycles. The number of pyridine rings is 1. The van der Waals surface area contributed by atoms with Crippen molar-refractivity contribution in [1.82, 2.24) is 10.3 Å². The molecule has 1 rings (SSSR count). The molecule has 7 nitrogen and oxygen atoms in total. The number of carbonyl (C=O) groups excluding carboxylic acids is 1. The van der Waals surface area contributed by atoms with Crippen molar-refractivity contribution >= 4 is 11.9 Å². The molecule has 1 aromatic heterocycles. The third kappa shape index (κ3) is 4.82. The Morgan fingerprint density at radius 1 is 1.58 bits per heavy atom. The quantitative estimate of drug-likeness (QED) is 0.331. The van der Waals surface area contributed by atoms with E-state index in [1.54, 1.807) is 39.1 Å². The summed E-state index contributed by atoms with van der Waals surface area (Å²) in [5.41, 5.74) is 5.52. The number of alkyl carbamates (subject to hydrolysis) is 1. The number of amidine groups is 1. The van der Waals surface area contributed by atoms with Crippen molar-refractivity contribution < 1.29 is 14.7 Å². The van der Waals surface area contributed by atoms with Gasteiger partial charge in [-0.25, -0.2) is 4.79 Å². The molecule has 0 aromatic carbocycles. The molecule has 4 N–H and O–H groups in total. The second kappa shape index (κ2) is 6.03. The number of hydrogen-bond acceptors (Lipinski definition) is 5. The molecular formula is C12H18N4O3. The van der Waals surface area contributed by atoms with Crippen molar-refractivity contribution in [3.8, 4) is 0 Å². The molecule has 1 amide bonds. The van der Waals surface area contributed by atoms with Crippen LogP contribution in [-0.4, -0.2) is 27.7 Å². The number of nitrogens with one attached hydrogen (secondary N) is 1. The van der Waals surface area contributed by atoms with Crippen molar-refractivity contribution in [2.45, 2.75) is 32.4 Å². The van der Waals surface area contributed by atoms with E-state index in [1.165, 1.54) is 6.20 Å². The van der Waals surface area contributed by atoms with Gasteiger partial charge in [0.1, 0.15) is 11.6 Å². The van der Waals surface area contributed by atoms with E-state index in [9.17, 15) is 4.79 Å². The monoisotopic (exact) mass is 266 g/mol. The zero-order valence-electron chi connectivity index (χ0n) is 11.1. The fourth-order valence-corrected chi connectivity index (χ4v) is 1.36. The molecule has 19 heavy (non-hydrogen) atoms. The van der Waals surface area contributed by atoms with Crippen LogP contribution in [0.25, 0.3) is 0 Å². The van der Waals surface area contributed by atoms with E-state index in [0.29, 0.717) is 5.56 Å². The van der Waals surface area contributed by atoms with Gasteiger partial charge >= 0.3 is 6.09 Å². The maximum absolute atomic E-state index is 11.7. The number of amides is 1. The fourth-order valence-electron chi connectivity index (χ4n) is 1.36. The number of carbonyl (C=O) groups is 1. The van der Waals surface area contributed by atoms with Crippen LogP contribution in [0.5, 0.6) is 0 Å².